The summed E-state index contributed by atoms with van der Waals surface area (Å²) in [7, 11) is -2.48. The maximum Gasteiger partial charge on any atom is 0.270 e. The minimum Gasteiger partial charge on any atom is -0.497 e. The number of allylic oxidation sites excluding steroid dienone is 1. The van der Waals surface area contributed by atoms with Crippen molar-refractivity contribution in [1.82, 2.24) is 4.31 Å². The number of amides is 1. The molecule has 4 rings (SSSR count). The summed E-state index contributed by atoms with van der Waals surface area (Å²) < 4.78 is 33.7. The van der Waals surface area contributed by atoms with Crippen molar-refractivity contribution in [3.8, 4) is 5.75 Å². The van der Waals surface area contributed by atoms with E-state index in [1.54, 1.807) is 31.4 Å². The molecule has 170 valence electrons. The van der Waals surface area contributed by atoms with Gasteiger partial charge in [-0.25, -0.2) is 12.7 Å². The maximum absolute atomic E-state index is 13.8. The molecule has 1 heterocycles. The lowest BCUT2D eigenvalue weighted by Gasteiger charge is -2.37. The van der Waals surface area contributed by atoms with Crippen LogP contribution in [0.5, 0.6) is 5.75 Å². The third-order valence-electron chi connectivity index (χ3n) is 6.08. The van der Waals surface area contributed by atoms with Gasteiger partial charge in [-0.1, -0.05) is 73.2 Å². The summed E-state index contributed by atoms with van der Waals surface area (Å²) in [5.41, 5.74) is 2.95. The van der Waals surface area contributed by atoms with Crippen molar-refractivity contribution in [2.24, 2.45) is 5.92 Å². The number of nitrogens with zero attached hydrogens (tertiary/aromatic N) is 1. The molecular weight excluding hydrogens is 434 g/mol. The van der Waals surface area contributed by atoms with Crippen LogP contribution in [0.4, 0.5) is 0 Å². The molecule has 0 saturated heterocycles. The molecule has 0 unspecified atom stereocenters. The number of rotatable bonds is 6. The molecular formula is C27H27NO4S. The van der Waals surface area contributed by atoms with Crippen LogP contribution in [0.2, 0.25) is 0 Å². The Morgan fingerprint density at radius 3 is 2.12 bits per heavy atom. The molecule has 0 N–H and O–H groups in total. The fourth-order valence-corrected chi connectivity index (χ4v) is 5.73. The summed E-state index contributed by atoms with van der Waals surface area (Å²) in [6, 6.07) is 23.4. The van der Waals surface area contributed by atoms with Crippen molar-refractivity contribution in [3.63, 3.8) is 0 Å². The fourth-order valence-electron chi connectivity index (χ4n) is 4.25. The molecule has 5 nitrogen and oxygen atoms in total. The number of methoxy groups -OCH3 is 1. The number of ether oxygens (including phenoxy) is 1. The SMILES string of the molecule is CC[C@H]1C(=O)N(S(=O)(=O)c2ccc(C)cc2)C(c2ccccc2)=C[C@@H]1c1ccc(OC)cc1. The number of hydrogen-bond donors (Lipinski definition) is 0. The third kappa shape index (κ3) is 4.31. The Balaban J connectivity index is 1.90. The maximum atomic E-state index is 13.8. The number of benzene rings is 3. The summed E-state index contributed by atoms with van der Waals surface area (Å²) in [5, 5.41) is 0. The lowest BCUT2D eigenvalue weighted by Crippen LogP contribution is -2.44. The van der Waals surface area contributed by atoms with Gasteiger partial charge in [-0.3, -0.25) is 4.79 Å². The fraction of sp³-hybridized carbons (Fsp3) is 0.222. The Morgan fingerprint density at radius 1 is 0.909 bits per heavy atom. The Kier molecular flexibility index (Phi) is 6.38. The lowest BCUT2D eigenvalue weighted by atomic mass is 9.80. The molecule has 0 radical (unpaired) electrons. The van der Waals surface area contributed by atoms with Crippen LogP contribution < -0.4 is 4.74 Å². The third-order valence-corrected chi connectivity index (χ3v) is 7.80. The second-order valence-corrected chi connectivity index (χ2v) is 9.94. The molecule has 0 aliphatic carbocycles. The minimum absolute atomic E-state index is 0.0982. The Labute approximate surface area is 195 Å². The highest BCUT2D eigenvalue weighted by Gasteiger charge is 2.43. The zero-order valence-corrected chi connectivity index (χ0v) is 19.7. The predicted molar refractivity (Wildman–Crippen MR) is 129 cm³/mol. The molecule has 0 bridgehead atoms. The normalized spacial score (nSPS) is 18.7. The first kappa shape index (κ1) is 22.8. The molecule has 1 aliphatic rings. The highest BCUT2D eigenvalue weighted by molar-refractivity contribution is 7.90. The number of aryl methyl sites for hydroxylation is 1. The van der Waals surface area contributed by atoms with Crippen molar-refractivity contribution in [3.05, 3.63) is 102 Å². The summed E-state index contributed by atoms with van der Waals surface area (Å²) in [6.07, 6.45) is 2.42. The van der Waals surface area contributed by atoms with Crippen LogP contribution in [0.1, 0.15) is 36.0 Å². The van der Waals surface area contributed by atoms with Crippen LogP contribution in [0.25, 0.3) is 5.70 Å². The lowest BCUT2D eigenvalue weighted by molar-refractivity contribution is -0.129. The molecule has 0 aromatic heterocycles. The van der Waals surface area contributed by atoms with Crippen molar-refractivity contribution >= 4 is 21.6 Å². The summed E-state index contributed by atoms with van der Waals surface area (Å²) in [5.74, 6) is -0.454. The van der Waals surface area contributed by atoms with Crippen LogP contribution >= 0.6 is 0 Å². The standard InChI is InChI=1S/C27H27NO4S/c1-4-24-25(20-12-14-22(32-3)15-13-20)18-26(21-8-6-5-7-9-21)28(27(24)29)33(30,31)23-16-10-19(2)11-17-23/h5-18,24-25H,4H2,1-3H3/t24-,25-/m1/s1. The predicted octanol–water partition coefficient (Wildman–Crippen LogP) is 5.39. The van der Waals surface area contributed by atoms with Crippen molar-refractivity contribution in [2.45, 2.75) is 31.1 Å². The highest BCUT2D eigenvalue weighted by atomic mass is 32.2. The first-order valence-corrected chi connectivity index (χ1v) is 12.4. The van der Waals surface area contributed by atoms with Crippen molar-refractivity contribution in [1.29, 1.82) is 0 Å². The summed E-state index contributed by atoms with van der Waals surface area (Å²) >= 11 is 0. The van der Waals surface area contributed by atoms with Crippen molar-refractivity contribution in [2.75, 3.05) is 7.11 Å². The van der Waals surface area contributed by atoms with E-state index in [0.29, 0.717) is 17.7 Å². The molecule has 0 spiro atoms. The van der Waals surface area contributed by atoms with E-state index >= 15 is 0 Å². The van der Waals surface area contributed by atoms with E-state index in [9.17, 15) is 13.2 Å². The molecule has 3 aromatic carbocycles. The van der Waals surface area contributed by atoms with Crippen LogP contribution in [-0.2, 0) is 14.8 Å². The quantitative estimate of drug-likeness (QED) is 0.494. The van der Waals surface area contributed by atoms with E-state index < -0.39 is 21.8 Å². The molecule has 6 heteroatoms. The largest absolute Gasteiger partial charge is 0.497 e. The van der Waals surface area contributed by atoms with Crippen LogP contribution in [0.3, 0.4) is 0 Å². The first-order chi connectivity index (χ1) is 15.9. The molecule has 1 amide bonds. The molecule has 33 heavy (non-hydrogen) atoms. The van der Waals surface area contributed by atoms with Crippen LogP contribution in [-0.4, -0.2) is 25.7 Å². The monoisotopic (exact) mass is 461 g/mol. The van der Waals surface area contributed by atoms with Crippen molar-refractivity contribution < 1.29 is 17.9 Å². The van der Waals surface area contributed by atoms with Crippen LogP contribution in [0, 0.1) is 12.8 Å². The number of sulfonamides is 1. The number of hydrogen-bond acceptors (Lipinski definition) is 4. The topological polar surface area (TPSA) is 63.7 Å². The van der Waals surface area contributed by atoms with Gasteiger partial charge in [0.1, 0.15) is 5.75 Å². The van der Waals surface area contributed by atoms with E-state index in [2.05, 4.69) is 0 Å². The molecule has 2 atom stereocenters. The van der Waals surface area contributed by atoms with Gasteiger partial charge in [-0.15, -0.1) is 0 Å². The first-order valence-electron chi connectivity index (χ1n) is 10.9. The number of carbonyl (C=O) groups excluding carboxylic acids is 1. The zero-order valence-electron chi connectivity index (χ0n) is 18.9. The number of carbonyl (C=O) groups is 1. The minimum atomic E-state index is -4.09. The second-order valence-electron chi connectivity index (χ2n) is 8.15. The smallest absolute Gasteiger partial charge is 0.270 e. The van der Waals surface area contributed by atoms with Gasteiger partial charge in [0.25, 0.3) is 10.0 Å². The Hall–Kier alpha value is -3.38. The van der Waals surface area contributed by atoms with Crippen LogP contribution in [0.15, 0.2) is 89.8 Å². The Morgan fingerprint density at radius 2 is 1.55 bits per heavy atom. The highest BCUT2D eigenvalue weighted by Crippen LogP contribution is 2.42. The molecule has 0 saturated carbocycles. The van der Waals surface area contributed by atoms with Gasteiger partial charge in [0.2, 0.25) is 5.91 Å². The Bertz CT molecular complexity index is 1260. The molecule has 3 aromatic rings. The average Bonchev–Trinajstić information content (AvgIpc) is 2.84. The average molecular weight is 462 g/mol. The van der Waals surface area contributed by atoms with E-state index in [0.717, 1.165) is 21.2 Å². The second kappa shape index (κ2) is 9.24. The van der Waals surface area contributed by atoms with Gasteiger partial charge < -0.3 is 4.74 Å². The van der Waals surface area contributed by atoms with Gasteiger partial charge >= 0.3 is 0 Å². The summed E-state index contributed by atoms with van der Waals surface area (Å²) in [4.78, 5) is 13.9. The van der Waals surface area contributed by atoms with Gasteiger partial charge in [-0.05, 0) is 48.7 Å². The van der Waals surface area contributed by atoms with E-state index in [4.69, 9.17) is 4.74 Å². The van der Waals surface area contributed by atoms with Gasteiger partial charge in [0.05, 0.1) is 17.7 Å². The van der Waals surface area contributed by atoms with Gasteiger partial charge in [0, 0.05) is 11.8 Å². The molecule has 1 aliphatic heterocycles. The van der Waals surface area contributed by atoms with Gasteiger partial charge in [0.15, 0.2) is 0 Å². The summed E-state index contributed by atoms with van der Waals surface area (Å²) in [6.45, 7) is 3.81. The van der Waals surface area contributed by atoms with E-state index in [1.165, 1.54) is 0 Å². The van der Waals surface area contributed by atoms with Gasteiger partial charge in [-0.2, -0.15) is 0 Å². The van der Waals surface area contributed by atoms with E-state index in [1.807, 2.05) is 74.5 Å². The zero-order chi connectivity index (χ0) is 23.6. The molecule has 0 fully saturated rings. The van der Waals surface area contributed by atoms with E-state index in [-0.39, 0.29) is 10.8 Å².